The number of imide groups is 1. The van der Waals surface area contributed by atoms with Gasteiger partial charge in [-0.15, -0.1) is 0 Å². The van der Waals surface area contributed by atoms with Gasteiger partial charge in [-0.3, -0.25) is 15.0 Å². The van der Waals surface area contributed by atoms with E-state index in [1.807, 2.05) is 6.07 Å². The summed E-state index contributed by atoms with van der Waals surface area (Å²) >= 11 is 0. The van der Waals surface area contributed by atoms with Crippen molar-refractivity contribution in [2.75, 3.05) is 13.1 Å². The third kappa shape index (κ3) is 4.56. The smallest absolute Gasteiger partial charge is 0.318 e. The second-order valence-corrected chi connectivity index (χ2v) is 5.68. The van der Waals surface area contributed by atoms with Crippen LogP contribution in [0, 0.1) is 5.92 Å². The van der Waals surface area contributed by atoms with Crippen LogP contribution < -0.4 is 11.1 Å². The van der Waals surface area contributed by atoms with Crippen LogP contribution in [0.2, 0.25) is 0 Å². The van der Waals surface area contributed by atoms with Gasteiger partial charge >= 0.3 is 6.03 Å². The molecule has 1 fully saturated rings. The van der Waals surface area contributed by atoms with Gasteiger partial charge in [0.05, 0.1) is 0 Å². The molecule has 0 bridgehead atoms. The van der Waals surface area contributed by atoms with Gasteiger partial charge in [0.1, 0.15) is 0 Å². The molecule has 114 valence electrons. The average Bonchev–Trinajstić information content (AvgIpc) is 2.78. The molecule has 21 heavy (non-hydrogen) atoms. The summed E-state index contributed by atoms with van der Waals surface area (Å²) in [5.41, 5.74) is 6.29. The van der Waals surface area contributed by atoms with Crippen molar-refractivity contribution in [2.45, 2.75) is 32.2 Å². The van der Waals surface area contributed by atoms with Crippen LogP contribution in [0.4, 0.5) is 4.79 Å². The van der Waals surface area contributed by atoms with Gasteiger partial charge in [0.25, 0.3) is 0 Å². The number of urea groups is 1. The lowest BCUT2D eigenvalue weighted by Gasteiger charge is -2.24. The number of carbonyl (C=O) groups excluding carboxylic acids is 2. The Hall–Kier alpha value is -1.88. The molecule has 1 aliphatic heterocycles. The lowest BCUT2D eigenvalue weighted by molar-refractivity contribution is -0.120. The molecule has 1 saturated heterocycles. The molecule has 0 aromatic heterocycles. The molecule has 2 atom stereocenters. The molecule has 0 spiro atoms. The van der Waals surface area contributed by atoms with Crippen molar-refractivity contribution < 1.29 is 9.59 Å². The number of benzene rings is 1. The fourth-order valence-corrected chi connectivity index (χ4v) is 3.02. The fourth-order valence-electron chi connectivity index (χ4n) is 3.02. The molecule has 0 radical (unpaired) electrons. The van der Waals surface area contributed by atoms with Crippen LogP contribution in [0.25, 0.3) is 0 Å². The highest BCUT2D eigenvalue weighted by Gasteiger charge is 2.30. The van der Waals surface area contributed by atoms with Crippen molar-refractivity contribution >= 4 is 11.9 Å². The molecule has 5 nitrogen and oxygen atoms in total. The van der Waals surface area contributed by atoms with E-state index in [2.05, 4.69) is 41.4 Å². The van der Waals surface area contributed by atoms with Crippen LogP contribution in [0.5, 0.6) is 0 Å². The maximum atomic E-state index is 11.5. The molecule has 0 unspecified atom stereocenters. The Morgan fingerprint density at radius 1 is 1.33 bits per heavy atom. The molecule has 2 rings (SSSR count). The van der Waals surface area contributed by atoms with Crippen LogP contribution in [-0.2, 0) is 11.2 Å². The molecule has 1 aromatic carbocycles. The minimum Gasteiger partial charge on any atom is -0.351 e. The van der Waals surface area contributed by atoms with Gasteiger partial charge in [-0.25, -0.2) is 4.79 Å². The van der Waals surface area contributed by atoms with E-state index in [0.29, 0.717) is 24.9 Å². The number of primary amides is 1. The Kier molecular flexibility index (Phi) is 5.33. The first-order valence-electron chi connectivity index (χ1n) is 7.43. The topological polar surface area (TPSA) is 75.4 Å². The van der Waals surface area contributed by atoms with Crippen LogP contribution in [0.1, 0.15) is 25.3 Å². The Bertz CT molecular complexity index is 490. The van der Waals surface area contributed by atoms with Crippen LogP contribution in [0.3, 0.4) is 0 Å². The summed E-state index contributed by atoms with van der Waals surface area (Å²) in [7, 11) is 0. The molecule has 5 heteroatoms. The molecule has 3 amide bonds. The van der Waals surface area contributed by atoms with Crippen LogP contribution in [0.15, 0.2) is 30.3 Å². The molecule has 1 heterocycles. The summed E-state index contributed by atoms with van der Waals surface area (Å²) in [6.07, 6.45) is 2.53. The summed E-state index contributed by atoms with van der Waals surface area (Å²) in [5.74, 6) is 0.313. The molecule has 0 saturated carbocycles. The van der Waals surface area contributed by atoms with Crippen molar-refractivity contribution in [2.24, 2.45) is 11.7 Å². The summed E-state index contributed by atoms with van der Waals surface area (Å²) < 4.78 is 0. The van der Waals surface area contributed by atoms with E-state index in [-0.39, 0.29) is 5.91 Å². The van der Waals surface area contributed by atoms with Crippen LogP contribution >= 0.6 is 0 Å². The maximum Gasteiger partial charge on any atom is 0.318 e. The predicted octanol–water partition coefficient (Wildman–Crippen LogP) is 1.52. The van der Waals surface area contributed by atoms with E-state index in [1.165, 1.54) is 5.56 Å². The molecule has 1 aliphatic rings. The van der Waals surface area contributed by atoms with E-state index in [4.69, 9.17) is 5.73 Å². The number of nitrogens with one attached hydrogen (secondary N) is 1. The molecule has 0 aliphatic carbocycles. The fraction of sp³-hybridized carbons (Fsp3) is 0.500. The van der Waals surface area contributed by atoms with E-state index >= 15 is 0 Å². The van der Waals surface area contributed by atoms with Crippen molar-refractivity contribution in [1.29, 1.82) is 0 Å². The maximum absolute atomic E-state index is 11.5. The van der Waals surface area contributed by atoms with Gasteiger partial charge in [-0.2, -0.15) is 0 Å². The van der Waals surface area contributed by atoms with Gasteiger partial charge in [-0.1, -0.05) is 30.3 Å². The average molecular weight is 289 g/mol. The first kappa shape index (κ1) is 15.5. The zero-order chi connectivity index (χ0) is 15.2. The monoisotopic (exact) mass is 289 g/mol. The highest BCUT2D eigenvalue weighted by Crippen LogP contribution is 2.27. The number of nitrogens with zero attached hydrogens (tertiary/aromatic N) is 1. The molecular weight excluding hydrogens is 266 g/mol. The highest BCUT2D eigenvalue weighted by molar-refractivity contribution is 5.93. The predicted molar refractivity (Wildman–Crippen MR) is 81.6 cm³/mol. The van der Waals surface area contributed by atoms with Crippen molar-refractivity contribution in [3.8, 4) is 0 Å². The minimum absolute atomic E-state index is 0.304. The Morgan fingerprint density at radius 3 is 2.71 bits per heavy atom. The second-order valence-electron chi connectivity index (χ2n) is 5.68. The standard InChI is InChI=1S/C16H23N3O2/c1-12-14(11-13-5-3-2-4-6-13)7-9-19(12)10-8-15(20)18-16(17)21/h2-6,12,14H,7-11H2,1H3,(H3,17,18,20,21)/t12-,14-/m0/s1. The van der Waals surface area contributed by atoms with Crippen molar-refractivity contribution in [3.63, 3.8) is 0 Å². The summed E-state index contributed by atoms with van der Waals surface area (Å²) in [5, 5.41) is 2.11. The Balaban J connectivity index is 1.80. The summed E-state index contributed by atoms with van der Waals surface area (Å²) in [4.78, 5) is 24.4. The number of rotatable bonds is 5. The van der Waals surface area contributed by atoms with Gasteiger partial charge in [0.2, 0.25) is 5.91 Å². The summed E-state index contributed by atoms with van der Waals surface area (Å²) in [6, 6.07) is 10.2. The third-order valence-electron chi connectivity index (χ3n) is 4.27. The number of hydrogen-bond donors (Lipinski definition) is 2. The number of amides is 3. The molecule has 3 N–H and O–H groups in total. The lowest BCUT2D eigenvalue weighted by Crippen LogP contribution is -2.38. The number of hydrogen-bond acceptors (Lipinski definition) is 3. The minimum atomic E-state index is -0.781. The summed E-state index contributed by atoms with van der Waals surface area (Å²) in [6.45, 7) is 3.89. The van der Waals surface area contributed by atoms with E-state index < -0.39 is 6.03 Å². The largest absolute Gasteiger partial charge is 0.351 e. The lowest BCUT2D eigenvalue weighted by atomic mass is 9.93. The quantitative estimate of drug-likeness (QED) is 0.863. The number of carbonyl (C=O) groups is 2. The van der Waals surface area contributed by atoms with Gasteiger partial charge in [0, 0.05) is 19.0 Å². The van der Waals surface area contributed by atoms with Gasteiger partial charge in [0.15, 0.2) is 0 Å². The first-order chi connectivity index (χ1) is 10.1. The first-order valence-corrected chi connectivity index (χ1v) is 7.43. The zero-order valence-electron chi connectivity index (χ0n) is 12.4. The normalized spacial score (nSPS) is 22.1. The second kappa shape index (κ2) is 7.22. The molecular formula is C16H23N3O2. The third-order valence-corrected chi connectivity index (χ3v) is 4.27. The van der Waals surface area contributed by atoms with E-state index in [9.17, 15) is 9.59 Å². The van der Waals surface area contributed by atoms with Gasteiger partial charge < -0.3 is 5.73 Å². The van der Waals surface area contributed by atoms with Gasteiger partial charge in [-0.05, 0) is 37.8 Å². The Labute approximate surface area is 125 Å². The Morgan fingerprint density at radius 2 is 2.05 bits per heavy atom. The number of nitrogens with two attached hydrogens (primary N) is 1. The molecule has 1 aromatic rings. The van der Waals surface area contributed by atoms with E-state index in [1.54, 1.807) is 0 Å². The zero-order valence-corrected chi connectivity index (χ0v) is 12.4. The van der Waals surface area contributed by atoms with Crippen LogP contribution in [-0.4, -0.2) is 36.0 Å². The highest BCUT2D eigenvalue weighted by atomic mass is 16.2. The van der Waals surface area contributed by atoms with E-state index in [0.717, 1.165) is 19.4 Å². The van der Waals surface area contributed by atoms with Crippen molar-refractivity contribution in [1.82, 2.24) is 10.2 Å². The van der Waals surface area contributed by atoms with Crippen molar-refractivity contribution in [3.05, 3.63) is 35.9 Å². The SMILES string of the molecule is C[C@H]1[C@H](Cc2ccccc2)CCN1CCC(=O)NC(N)=O. The number of likely N-dealkylation sites (tertiary alicyclic amines) is 1.